The highest BCUT2D eigenvalue weighted by atomic mass is 19.3. The van der Waals surface area contributed by atoms with Gasteiger partial charge in [0.1, 0.15) is 18.1 Å². The van der Waals surface area contributed by atoms with E-state index in [-0.39, 0.29) is 18.3 Å². The van der Waals surface area contributed by atoms with Crippen LogP contribution in [-0.2, 0) is 12.3 Å². The Morgan fingerprint density at radius 2 is 1.74 bits per heavy atom. The Kier molecular flexibility index (Phi) is 8.22. The molecule has 0 amide bonds. The summed E-state index contributed by atoms with van der Waals surface area (Å²) in [7, 11) is 0. The van der Waals surface area contributed by atoms with Crippen LogP contribution in [0, 0.1) is 0 Å². The number of aryl methyl sites for hydroxylation is 1. The number of carbonyl (C=O) groups excluding carboxylic acids is 1. The quantitative estimate of drug-likeness (QED) is 0.264. The normalized spacial score (nSPS) is 18.1. The minimum atomic E-state index is -2.89. The summed E-state index contributed by atoms with van der Waals surface area (Å²) in [6.07, 6.45) is 4.93. The van der Waals surface area contributed by atoms with E-state index in [2.05, 4.69) is 17.0 Å². The number of allylic oxidation sites excluding steroid dienone is 1. The van der Waals surface area contributed by atoms with E-state index in [1.807, 2.05) is 30.3 Å². The highest BCUT2D eigenvalue weighted by molar-refractivity contribution is 6.00. The van der Waals surface area contributed by atoms with Gasteiger partial charge in [0, 0.05) is 37.7 Å². The van der Waals surface area contributed by atoms with E-state index >= 15 is 0 Å². The molecule has 0 N–H and O–H groups in total. The minimum Gasteiger partial charge on any atom is -0.489 e. The van der Waals surface area contributed by atoms with E-state index in [0.717, 1.165) is 97.7 Å². The Morgan fingerprint density at radius 1 is 1.00 bits per heavy atom. The number of carbonyl (C=O) groups is 1. The molecule has 0 bridgehead atoms. The number of fused-ring (bicyclic) bond motifs is 1. The third kappa shape index (κ3) is 6.27. The van der Waals surface area contributed by atoms with Gasteiger partial charge in [0.05, 0.1) is 6.67 Å². The van der Waals surface area contributed by atoms with Crippen LogP contribution in [0.3, 0.4) is 0 Å². The van der Waals surface area contributed by atoms with Crippen molar-refractivity contribution in [2.75, 3.05) is 26.3 Å². The maximum Gasteiger partial charge on any atom is 0.270 e. The van der Waals surface area contributed by atoms with Crippen LogP contribution in [0.4, 0.5) is 13.2 Å². The van der Waals surface area contributed by atoms with Crippen molar-refractivity contribution in [2.45, 2.75) is 51.1 Å². The Morgan fingerprint density at radius 3 is 2.44 bits per heavy atom. The molecule has 0 saturated carbocycles. The van der Waals surface area contributed by atoms with Crippen LogP contribution in [-0.4, -0.2) is 43.6 Å². The first kappa shape index (κ1) is 27.2. The molecule has 3 aromatic rings. The predicted molar refractivity (Wildman–Crippen MR) is 149 cm³/mol. The number of likely N-dealkylation sites (tertiary alicyclic amines) is 1. The van der Waals surface area contributed by atoms with E-state index in [1.165, 1.54) is 12.1 Å². The van der Waals surface area contributed by atoms with Crippen LogP contribution < -0.4 is 4.74 Å². The molecule has 3 nitrogen and oxygen atoms in total. The van der Waals surface area contributed by atoms with Crippen molar-refractivity contribution in [3.8, 4) is 5.75 Å². The molecule has 1 aliphatic heterocycles. The summed E-state index contributed by atoms with van der Waals surface area (Å²) in [5.74, 6) is -2.10. The van der Waals surface area contributed by atoms with Gasteiger partial charge in [-0.1, -0.05) is 48.5 Å². The Labute approximate surface area is 228 Å². The van der Waals surface area contributed by atoms with Crippen molar-refractivity contribution in [3.63, 3.8) is 0 Å². The standard InChI is InChI=1S/C33H34F3NO2/c1-33(35,36)27-11-7-24(8-12-27)30-5-2-4-26-20-23(22-38)6-15-31(26)32(30)25-9-13-28(14-10-25)39-29-16-19-37(21-29)18-3-17-34/h6-15,20,22,29H,2-5,16-19,21H2,1H3. The number of benzene rings is 3. The molecule has 0 spiro atoms. The van der Waals surface area contributed by atoms with Crippen molar-refractivity contribution < 1.29 is 22.7 Å². The van der Waals surface area contributed by atoms with E-state index in [1.54, 1.807) is 12.1 Å². The summed E-state index contributed by atoms with van der Waals surface area (Å²) in [5, 5.41) is 0. The highest BCUT2D eigenvalue weighted by Crippen LogP contribution is 2.41. The van der Waals surface area contributed by atoms with E-state index in [4.69, 9.17) is 4.74 Å². The number of alkyl halides is 3. The second kappa shape index (κ2) is 11.8. The van der Waals surface area contributed by atoms with Gasteiger partial charge >= 0.3 is 0 Å². The van der Waals surface area contributed by atoms with Crippen molar-refractivity contribution in [1.82, 2.24) is 4.90 Å². The summed E-state index contributed by atoms with van der Waals surface area (Å²) in [4.78, 5) is 13.7. The van der Waals surface area contributed by atoms with Crippen molar-refractivity contribution in [2.24, 2.45) is 0 Å². The van der Waals surface area contributed by atoms with E-state index in [9.17, 15) is 18.0 Å². The first-order valence-electron chi connectivity index (χ1n) is 13.7. The monoisotopic (exact) mass is 533 g/mol. The molecule has 1 fully saturated rings. The third-order valence-electron chi connectivity index (χ3n) is 7.73. The average molecular weight is 534 g/mol. The smallest absolute Gasteiger partial charge is 0.270 e. The Hall–Kier alpha value is -3.38. The molecule has 0 aromatic heterocycles. The zero-order chi connectivity index (χ0) is 27.4. The molecule has 1 aliphatic carbocycles. The number of rotatable bonds is 9. The molecule has 0 radical (unpaired) electrons. The lowest BCUT2D eigenvalue weighted by Crippen LogP contribution is -2.26. The zero-order valence-corrected chi connectivity index (χ0v) is 22.3. The van der Waals surface area contributed by atoms with Gasteiger partial charge in [-0.3, -0.25) is 14.1 Å². The molecule has 1 atom stereocenters. The number of hydrogen-bond acceptors (Lipinski definition) is 3. The summed E-state index contributed by atoms with van der Waals surface area (Å²) >= 11 is 0. The molecule has 3 aromatic carbocycles. The van der Waals surface area contributed by atoms with Crippen LogP contribution in [0.1, 0.15) is 70.8 Å². The van der Waals surface area contributed by atoms with Gasteiger partial charge in [-0.15, -0.1) is 0 Å². The maximum absolute atomic E-state index is 13.9. The number of halogens is 3. The second-order valence-electron chi connectivity index (χ2n) is 10.6. The lowest BCUT2D eigenvalue weighted by Gasteiger charge is -2.19. The van der Waals surface area contributed by atoms with E-state index in [0.29, 0.717) is 12.0 Å². The molecule has 1 unspecified atom stereocenters. The largest absolute Gasteiger partial charge is 0.489 e. The number of ether oxygens (including phenoxy) is 1. The van der Waals surface area contributed by atoms with Gasteiger partial charge < -0.3 is 4.74 Å². The molecule has 2 aliphatic rings. The molecule has 6 heteroatoms. The molecule has 5 rings (SSSR count). The second-order valence-corrected chi connectivity index (χ2v) is 10.6. The van der Waals surface area contributed by atoms with Gasteiger partial charge in [-0.2, -0.15) is 0 Å². The SMILES string of the molecule is CC(F)(F)c1ccc(C2=C(c3ccc(OC4CCN(CCCF)C4)cc3)c3ccc(C=O)cc3CCC2)cc1. The first-order chi connectivity index (χ1) is 18.9. The van der Waals surface area contributed by atoms with Crippen LogP contribution >= 0.6 is 0 Å². The van der Waals surface area contributed by atoms with Crippen LogP contribution in [0.25, 0.3) is 11.1 Å². The molecular weight excluding hydrogens is 499 g/mol. The fraction of sp³-hybridized carbons (Fsp3) is 0.364. The maximum atomic E-state index is 13.9. The summed E-state index contributed by atoms with van der Waals surface area (Å²) in [6, 6.07) is 20.5. The molecule has 39 heavy (non-hydrogen) atoms. The number of aldehydes is 1. The topological polar surface area (TPSA) is 29.5 Å². The van der Waals surface area contributed by atoms with Crippen LogP contribution in [0.2, 0.25) is 0 Å². The first-order valence-corrected chi connectivity index (χ1v) is 13.7. The summed E-state index contributed by atoms with van der Waals surface area (Å²) in [6.45, 7) is 3.10. The predicted octanol–water partition coefficient (Wildman–Crippen LogP) is 7.72. The van der Waals surface area contributed by atoms with E-state index < -0.39 is 5.92 Å². The molecule has 1 heterocycles. The lowest BCUT2D eigenvalue weighted by atomic mass is 9.87. The van der Waals surface area contributed by atoms with Gasteiger partial charge in [-0.25, -0.2) is 8.78 Å². The van der Waals surface area contributed by atoms with Crippen molar-refractivity contribution in [3.05, 3.63) is 100 Å². The van der Waals surface area contributed by atoms with Crippen LogP contribution in [0.5, 0.6) is 5.75 Å². The fourth-order valence-electron chi connectivity index (χ4n) is 5.74. The zero-order valence-electron chi connectivity index (χ0n) is 22.3. The van der Waals surface area contributed by atoms with Crippen molar-refractivity contribution >= 4 is 17.4 Å². The third-order valence-corrected chi connectivity index (χ3v) is 7.73. The number of hydrogen-bond donors (Lipinski definition) is 0. The average Bonchev–Trinajstić information content (AvgIpc) is 3.29. The number of nitrogens with zero attached hydrogens (tertiary/aromatic N) is 1. The van der Waals surface area contributed by atoms with Gasteiger partial charge in [0.25, 0.3) is 5.92 Å². The highest BCUT2D eigenvalue weighted by Gasteiger charge is 2.26. The van der Waals surface area contributed by atoms with Gasteiger partial charge in [-0.05, 0) is 83.7 Å². The molecule has 204 valence electrons. The minimum absolute atomic E-state index is 0.00489. The Bertz CT molecular complexity index is 1330. The summed E-state index contributed by atoms with van der Waals surface area (Å²) < 4.78 is 46.6. The summed E-state index contributed by atoms with van der Waals surface area (Å²) in [5.41, 5.74) is 6.91. The van der Waals surface area contributed by atoms with Crippen molar-refractivity contribution in [1.29, 1.82) is 0 Å². The Balaban J connectivity index is 1.49. The van der Waals surface area contributed by atoms with Gasteiger partial charge in [0.15, 0.2) is 0 Å². The van der Waals surface area contributed by atoms with Crippen LogP contribution in [0.15, 0.2) is 66.7 Å². The van der Waals surface area contributed by atoms with Gasteiger partial charge in [0.2, 0.25) is 0 Å². The lowest BCUT2D eigenvalue weighted by molar-refractivity contribution is 0.0174. The molecule has 1 saturated heterocycles. The molecular formula is C33H34F3NO2. The fourth-order valence-corrected chi connectivity index (χ4v) is 5.74.